The minimum Gasteiger partial charge on any atom is -0.320 e. The third kappa shape index (κ3) is 2.40. The van der Waals surface area contributed by atoms with Gasteiger partial charge in [0.25, 0.3) is 0 Å². The molecule has 20 heavy (non-hydrogen) atoms. The normalized spacial score (nSPS) is 25.9. The molecule has 1 unspecified atom stereocenters. The van der Waals surface area contributed by atoms with Gasteiger partial charge in [-0.05, 0) is 29.7 Å². The SMILES string of the molecule is CC(C)(C)CN1C(=O)C2(CCCC2)NC1c1cccs1. The summed E-state index contributed by atoms with van der Waals surface area (Å²) in [5.41, 5.74) is -0.156. The van der Waals surface area contributed by atoms with E-state index in [4.69, 9.17) is 0 Å². The number of carbonyl (C=O) groups is 1. The maximum absolute atomic E-state index is 13.0. The Kier molecular flexibility index (Phi) is 3.41. The molecule has 2 heterocycles. The number of amides is 1. The fourth-order valence-corrected chi connectivity index (χ4v) is 4.26. The summed E-state index contributed by atoms with van der Waals surface area (Å²) in [6.45, 7) is 7.41. The van der Waals surface area contributed by atoms with Crippen LogP contribution in [0.4, 0.5) is 0 Å². The summed E-state index contributed by atoms with van der Waals surface area (Å²) < 4.78 is 0. The lowest BCUT2D eigenvalue weighted by Crippen LogP contribution is -2.44. The molecule has 1 aromatic rings. The molecule has 1 spiro atoms. The molecule has 3 rings (SSSR count). The Labute approximate surface area is 125 Å². The van der Waals surface area contributed by atoms with Gasteiger partial charge < -0.3 is 4.90 Å². The maximum Gasteiger partial charge on any atom is 0.244 e. The molecule has 3 nitrogen and oxygen atoms in total. The van der Waals surface area contributed by atoms with Gasteiger partial charge in [-0.3, -0.25) is 10.1 Å². The van der Waals surface area contributed by atoms with E-state index < -0.39 is 0 Å². The molecular weight excluding hydrogens is 268 g/mol. The Bertz CT molecular complexity index is 483. The summed E-state index contributed by atoms with van der Waals surface area (Å²) in [4.78, 5) is 16.3. The second kappa shape index (κ2) is 4.85. The molecule has 4 heteroatoms. The lowest BCUT2D eigenvalue weighted by Gasteiger charge is -2.30. The Morgan fingerprint density at radius 3 is 2.65 bits per heavy atom. The highest BCUT2D eigenvalue weighted by molar-refractivity contribution is 7.10. The first-order valence-electron chi connectivity index (χ1n) is 7.54. The van der Waals surface area contributed by atoms with E-state index in [-0.39, 0.29) is 17.1 Å². The molecule has 1 amide bonds. The fraction of sp³-hybridized carbons (Fsp3) is 0.688. The van der Waals surface area contributed by atoms with Crippen LogP contribution in [0.25, 0.3) is 0 Å². The van der Waals surface area contributed by atoms with E-state index in [0.29, 0.717) is 5.91 Å². The monoisotopic (exact) mass is 292 g/mol. The van der Waals surface area contributed by atoms with Crippen LogP contribution in [0.5, 0.6) is 0 Å². The van der Waals surface area contributed by atoms with Gasteiger partial charge >= 0.3 is 0 Å². The Morgan fingerprint density at radius 1 is 1.40 bits per heavy atom. The average molecular weight is 292 g/mol. The number of rotatable bonds is 2. The van der Waals surface area contributed by atoms with Crippen LogP contribution in [0.3, 0.4) is 0 Å². The van der Waals surface area contributed by atoms with Crippen LogP contribution in [-0.2, 0) is 4.79 Å². The zero-order chi connectivity index (χ0) is 14.4. The quantitative estimate of drug-likeness (QED) is 0.904. The summed E-state index contributed by atoms with van der Waals surface area (Å²) >= 11 is 1.74. The largest absolute Gasteiger partial charge is 0.320 e. The van der Waals surface area contributed by atoms with Gasteiger partial charge in [-0.25, -0.2) is 0 Å². The van der Waals surface area contributed by atoms with Crippen LogP contribution in [0.15, 0.2) is 17.5 Å². The first-order valence-corrected chi connectivity index (χ1v) is 8.41. The highest BCUT2D eigenvalue weighted by Gasteiger charge is 2.53. The van der Waals surface area contributed by atoms with E-state index in [0.717, 1.165) is 19.4 Å². The molecule has 1 aliphatic heterocycles. The van der Waals surface area contributed by atoms with Crippen molar-refractivity contribution in [3.05, 3.63) is 22.4 Å². The molecule has 110 valence electrons. The second-order valence-corrected chi connectivity index (χ2v) is 8.32. The molecule has 2 fully saturated rings. The third-order valence-electron chi connectivity index (χ3n) is 4.31. The Hall–Kier alpha value is -0.870. The number of hydrogen-bond donors (Lipinski definition) is 1. The van der Waals surface area contributed by atoms with Crippen molar-refractivity contribution in [1.29, 1.82) is 0 Å². The molecular formula is C16H24N2OS. The van der Waals surface area contributed by atoms with E-state index >= 15 is 0 Å². The standard InChI is InChI=1S/C16H24N2OS/c1-15(2,3)11-18-13(12-7-6-10-20-12)17-16(14(18)19)8-4-5-9-16/h6-7,10,13,17H,4-5,8-9,11H2,1-3H3. The Balaban J connectivity index is 1.92. The van der Waals surface area contributed by atoms with Crippen molar-refractivity contribution in [3.8, 4) is 0 Å². The van der Waals surface area contributed by atoms with Gasteiger partial charge in [-0.2, -0.15) is 0 Å². The zero-order valence-electron chi connectivity index (χ0n) is 12.6. The number of nitrogens with zero attached hydrogens (tertiary/aromatic N) is 1. The summed E-state index contributed by atoms with van der Waals surface area (Å²) in [5.74, 6) is 0.323. The predicted octanol–water partition coefficient (Wildman–Crippen LogP) is 3.54. The first-order chi connectivity index (χ1) is 9.41. The molecule has 1 saturated heterocycles. The zero-order valence-corrected chi connectivity index (χ0v) is 13.4. The van der Waals surface area contributed by atoms with E-state index in [1.165, 1.54) is 17.7 Å². The van der Waals surface area contributed by atoms with Crippen LogP contribution < -0.4 is 5.32 Å². The first kappa shape index (κ1) is 14.1. The third-order valence-corrected chi connectivity index (χ3v) is 5.23. The van der Waals surface area contributed by atoms with E-state index in [9.17, 15) is 4.79 Å². The molecule has 1 aliphatic carbocycles. The lowest BCUT2D eigenvalue weighted by atomic mass is 9.94. The minimum absolute atomic E-state index is 0.0693. The number of carbonyl (C=O) groups excluding carboxylic acids is 1. The van der Waals surface area contributed by atoms with Gasteiger partial charge in [0.15, 0.2) is 0 Å². The Morgan fingerprint density at radius 2 is 2.10 bits per heavy atom. The van der Waals surface area contributed by atoms with Crippen molar-refractivity contribution >= 4 is 17.2 Å². The average Bonchev–Trinajstić information content (AvgIpc) is 3.06. The van der Waals surface area contributed by atoms with Gasteiger partial charge in [-0.15, -0.1) is 11.3 Å². The molecule has 1 aromatic heterocycles. The molecule has 1 atom stereocenters. The molecule has 0 bridgehead atoms. The lowest BCUT2D eigenvalue weighted by molar-refractivity contribution is -0.134. The second-order valence-electron chi connectivity index (χ2n) is 7.35. The van der Waals surface area contributed by atoms with Crippen molar-refractivity contribution in [2.24, 2.45) is 5.41 Å². The van der Waals surface area contributed by atoms with Crippen LogP contribution in [0.1, 0.15) is 57.5 Å². The van der Waals surface area contributed by atoms with Gasteiger partial charge in [-0.1, -0.05) is 39.7 Å². The fourth-order valence-electron chi connectivity index (χ4n) is 3.48. The molecule has 0 radical (unpaired) electrons. The van der Waals surface area contributed by atoms with Gasteiger partial charge in [0.2, 0.25) is 5.91 Å². The van der Waals surface area contributed by atoms with Gasteiger partial charge in [0.05, 0.1) is 5.54 Å². The van der Waals surface area contributed by atoms with Crippen molar-refractivity contribution in [2.75, 3.05) is 6.54 Å². The highest BCUT2D eigenvalue weighted by atomic mass is 32.1. The molecule has 0 aromatic carbocycles. The summed E-state index contributed by atoms with van der Waals surface area (Å²) in [6.07, 6.45) is 4.39. The van der Waals surface area contributed by atoms with Crippen LogP contribution in [0.2, 0.25) is 0 Å². The highest BCUT2D eigenvalue weighted by Crippen LogP contribution is 2.42. The molecule has 1 N–H and O–H groups in total. The van der Waals surface area contributed by atoms with Crippen molar-refractivity contribution in [2.45, 2.75) is 58.2 Å². The summed E-state index contributed by atoms with van der Waals surface area (Å²) in [5, 5.41) is 5.77. The van der Waals surface area contributed by atoms with E-state index in [2.05, 4.69) is 48.5 Å². The van der Waals surface area contributed by atoms with E-state index in [1.807, 2.05) is 0 Å². The van der Waals surface area contributed by atoms with Crippen LogP contribution in [-0.4, -0.2) is 22.9 Å². The van der Waals surface area contributed by atoms with Crippen molar-refractivity contribution < 1.29 is 4.79 Å². The minimum atomic E-state index is -0.278. The number of nitrogens with one attached hydrogen (secondary N) is 1. The predicted molar refractivity (Wildman–Crippen MR) is 82.6 cm³/mol. The van der Waals surface area contributed by atoms with Crippen molar-refractivity contribution in [1.82, 2.24) is 10.2 Å². The van der Waals surface area contributed by atoms with Crippen molar-refractivity contribution in [3.63, 3.8) is 0 Å². The summed E-state index contributed by atoms with van der Waals surface area (Å²) in [6, 6.07) is 4.21. The smallest absolute Gasteiger partial charge is 0.244 e. The van der Waals surface area contributed by atoms with Gasteiger partial charge in [0.1, 0.15) is 6.17 Å². The summed E-state index contributed by atoms with van der Waals surface area (Å²) in [7, 11) is 0. The van der Waals surface area contributed by atoms with Gasteiger partial charge in [0, 0.05) is 11.4 Å². The number of hydrogen-bond acceptors (Lipinski definition) is 3. The van der Waals surface area contributed by atoms with E-state index in [1.54, 1.807) is 11.3 Å². The van der Waals surface area contributed by atoms with Crippen LogP contribution in [0, 0.1) is 5.41 Å². The van der Waals surface area contributed by atoms with Crippen LogP contribution >= 0.6 is 11.3 Å². The number of thiophene rings is 1. The molecule has 1 saturated carbocycles. The molecule has 2 aliphatic rings. The topological polar surface area (TPSA) is 32.3 Å². The maximum atomic E-state index is 13.0.